The van der Waals surface area contributed by atoms with Crippen LogP contribution in [0, 0.1) is 11.3 Å². The van der Waals surface area contributed by atoms with Crippen LogP contribution < -0.4 is 15.4 Å². The van der Waals surface area contributed by atoms with Gasteiger partial charge in [0.15, 0.2) is 11.5 Å². The minimum atomic E-state index is -0.937. The molecule has 12 nitrogen and oxygen atoms in total. The molecule has 1 fully saturated rings. The minimum Gasteiger partial charge on any atom is -0.465 e. The number of fused-ring (bicyclic) bond motifs is 1. The third kappa shape index (κ3) is 5.25. The number of carboxylic acid groups (broad SMARTS) is 1. The van der Waals surface area contributed by atoms with Crippen molar-refractivity contribution >= 4 is 34.7 Å². The molecule has 5 rings (SSSR count). The molecular formula is C25H22N8O4. The van der Waals surface area contributed by atoms with E-state index in [0.717, 1.165) is 12.8 Å². The van der Waals surface area contributed by atoms with Crippen molar-refractivity contribution in [3.8, 4) is 17.6 Å². The van der Waals surface area contributed by atoms with Gasteiger partial charge < -0.3 is 25.4 Å². The topological polar surface area (TPSA) is 169 Å². The van der Waals surface area contributed by atoms with E-state index in [-0.39, 0.29) is 17.8 Å². The van der Waals surface area contributed by atoms with Gasteiger partial charge in [-0.05, 0) is 49.2 Å². The molecule has 4 N–H and O–H groups in total. The van der Waals surface area contributed by atoms with Crippen molar-refractivity contribution in [2.75, 3.05) is 23.7 Å². The summed E-state index contributed by atoms with van der Waals surface area (Å²) >= 11 is 0. The van der Waals surface area contributed by atoms with E-state index in [9.17, 15) is 14.7 Å². The number of benzene rings is 1. The van der Waals surface area contributed by atoms with Crippen molar-refractivity contribution in [2.45, 2.75) is 18.9 Å². The molecule has 0 saturated carbocycles. The molecule has 0 radical (unpaired) electrons. The van der Waals surface area contributed by atoms with E-state index in [1.165, 1.54) is 17.2 Å². The van der Waals surface area contributed by atoms with Crippen molar-refractivity contribution in [3.63, 3.8) is 0 Å². The van der Waals surface area contributed by atoms with Crippen LogP contribution in [0.25, 0.3) is 11.0 Å². The number of H-pyrrole nitrogens is 1. The van der Waals surface area contributed by atoms with Crippen molar-refractivity contribution in [1.29, 1.82) is 5.26 Å². The van der Waals surface area contributed by atoms with Gasteiger partial charge in [-0.2, -0.15) is 10.4 Å². The average Bonchev–Trinajstić information content (AvgIpc) is 3.33. The highest BCUT2D eigenvalue weighted by molar-refractivity contribution is 6.03. The average molecular weight is 499 g/mol. The molecule has 1 aromatic carbocycles. The Morgan fingerprint density at radius 1 is 1.16 bits per heavy atom. The largest absolute Gasteiger partial charge is 0.465 e. The zero-order valence-electron chi connectivity index (χ0n) is 19.5. The van der Waals surface area contributed by atoms with E-state index in [4.69, 9.17) is 10.00 Å². The second-order valence-electron chi connectivity index (χ2n) is 8.44. The second kappa shape index (κ2) is 10.2. The number of aromatic nitrogens is 4. The van der Waals surface area contributed by atoms with Crippen LogP contribution in [0.2, 0.25) is 0 Å². The summed E-state index contributed by atoms with van der Waals surface area (Å²) in [6.07, 6.45) is 3.68. The first-order valence-electron chi connectivity index (χ1n) is 11.5. The first kappa shape index (κ1) is 23.6. The molecule has 3 aromatic heterocycles. The minimum absolute atomic E-state index is 0.0921. The van der Waals surface area contributed by atoms with Crippen molar-refractivity contribution in [1.82, 2.24) is 25.1 Å². The molecule has 12 heteroatoms. The summed E-state index contributed by atoms with van der Waals surface area (Å²) in [5, 5.41) is 32.2. The van der Waals surface area contributed by atoms with Gasteiger partial charge in [-0.3, -0.25) is 9.89 Å². The SMILES string of the molecule is N#Cc1ccnc(NC(=O)c2ccc(Oc3ccnc4[nH]nc(N[C@@H]5CCCN(C(=O)O)C5)c34)cc2)c1. The normalized spacial score (nSPS) is 15.1. The van der Waals surface area contributed by atoms with Crippen molar-refractivity contribution < 1.29 is 19.4 Å². The van der Waals surface area contributed by atoms with Crippen LogP contribution in [0.1, 0.15) is 28.8 Å². The van der Waals surface area contributed by atoms with Gasteiger partial charge in [0.25, 0.3) is 5.91 Å². The quantitative estimate of drug-likeness (QED) is 0.309. The highest BCUT2D eigenvalue weighted by atomic mass is 16.5. The van der Waals surface area contributed by atoms with Crippen LogP contribution >= 0.6 is 0 Å². The summed E-state index contributed by atoms with van der Waals surface area (Å²) < 4.78 is 6.10. The number of piperidine rings is 1. The molecule has 0 aliphatic carbocycles. The van der Waals surface area contributed by atoms with E-state index < -0.39 is 6.09 Å². The lowest BCUT2D eigenvalue weighted by molar-refractivity contribution is 0.102. The van der Waals surface area contributed by atoms with Crippen LogP contribution in [0.4, 0.5) is 16.4 Å². The predicted octanol–water partition coefficient (Wildman–Crippen LogP) is 3.82. The number of nitrogens with zero attached hydrogens (tertiary/aromatic N) is 5. The van der Waals surface area contributed by atoms with Crippen molar-refractivity contribution in [3.05, 3.63) is 66.0 Å². The van der Waals surface area contributed by atoms with Crippen LogP contribution in [0.3, 0.4) is 0 Å². The Labute approximate surface area is 210 Å². The highest BCUT2D eigenvalue weighted by Gasteiger charge is 2.25. The number of carbonyl (C=O) groups excluding carboxylic acids is 1. The fraction of sp³-hybridized carbons (Fsp3) is 0.200. The molecule has 0 bridgehead atoms. The number of aromatic amines is 1. The molecule has 0 spiro atoms. The number of ether oxygens (including phenoxy) is 1. The third-order valence-corrected chi connectivity index (χ3v) is 5.93. The number of hydrogen-bond donors (Lipinski definition) is 4. The number of likely N-dealkylation sites (tertiary alicyclic amines) is 1. The summed E-state index contributed by atoms with van der Waals surface area (Å²) in [5.41, 5.74) is 1.31. The lowest BCUT2D eigenvalue weighted by atomic mass is 10.1. The fourth-order valence-electron chi connectivity index (χ4n) is 4.13. The van der Waals surface area contributed by atoms with Crippen molar-refractivity contribution in [2.24, 2.45) is 0 Å². The predicted molar refractivity (Wildman–Crippen MR) is 134 cm³/mol. The van der Waals surface area contributed by atoms with E-state index in [1.54, 1.807) is 42.6 Å². The number of amides is 2. The first-order valence-corrected chi connectivity index (χ1v) is 11.5. The molecule has 1 aliphatic heterocycles. The molecule has 1 aliphatic rings. The van der Waals surface area contributed by atoms with Gasteiger partial charge in [0.05, 0.1) is 11.6 Å². The summed E-state index contributed by atoms with van der Waals surface area (Å²) in [7, 11) is 0. The van der Waals surface area contributed by atoms with Gasteiger partial charge in [0, 0.05) is 43.2 Å². The molecule has 1 atom stereocenters. The standard InChI is InChI=1S/C25H22N8O4/c26-13-15-7-9-27-20(12-15)30-24(34)16-3-5-18(6-4-16)37-19-8-10-28-22-21(19)23(32-31-22)29-17-2-1-11-33(14-17)25(35)36/h3-10,12,17H,1-2,11,14H2,(H,35,36)(H,27,30,34)(H2,28,29,31,32)/t17-/m1/s1. The number of pyridine rings is 2. The van der Waals surface area contributed by atoms with Gasteiger partial charge in [-0.25, -0.2) is 14.8 Å². The summed E-state index contributed by atoms with van der Waals surface area (Å²) in [4.78, 5) is 33.7. The lowest BCUT2D eigenvalue weighted by Crippen LogP contribution is -2.44. The smallest absolute Gasteiger partial charge is 0.407 e. The monoisotopic (exact) mass is 498 g/mol. The summed E-state index contributed by atoms with van der Waals surface area (Å²) in [5.74, 6) is 1.44. The fourth-order valence-corrected chi connectivity index (χ4v) is 4.13. The number of carbonyl (C=O) groups is 2. The molecule has 4 aromatic rings. The Morgan fingerprint density at radius 2 is 1.97 bits per heavy atom. The van der Waals surface area contributed by atoms with Gasteiger partial charge in [0.2, 0.25) is 0 Å². The lowest BCUT2D eigenvalue weighted by Gasteiger charge is -2.31. The van der Waals surface area contributed by atoms with Crippen LogP contribution in [-0.4, -0.2) is 61.3 Å². The number of anilines is 2. The maximum absolute atomic E-state index is 12.6. The van der Waals surface area contributed by atoms with Gasteiger partial charge in [-0.1, -0.05) is 0 Å². The van der Waals surface area contributed by atoms with Crippen LogP contribution in [0.5, 0.6) is 11.5 Å². The molecule has 4 heterocycles. The van der Waals surface area contributed by atoms with E-state index in [2.05, 4.69) is 30.8 Å². The molecule has 2 amide bonds. The van der Waals surface area contributed by atoms with E-state index >= 15 is 0 Å². The Morgan fingerprint density at radius 3 is 2.76 bits per heavy atom. The number of hydrogen-bond acceptors (Lipinski definition) is 8. The van der Waals surface area contributed by atoms with Gasteiger partial charge >= 0.3 is 6.09 Å². The second-order valence-corrected chi connectivity index (χ2v) is 8.44. The molecule has 1 saturated heterocycles. The molecule has 0 unspecified atom stereocenters. The van der Waals surface area contributed by atoms with E-state index in [0.29, 0.717) is 52.6 Å². The maximum atomic E-state index is 12.6. The maximum Gasteiger partial charge on any atom is 0.407 e. The molecule has 37 heavy (non-hydrogen) atoms. The zero-order chi connectivity index (χ0) is 25.8. The Kier molecular flexibility index (Phi) is 6.50. The van der Waals surface area contributed by atoms with E-state index in [1.807, 2.05) is 6.07 Å². The highest BCUT2D eigenvalue weighted by Crippen LogP contribution is 2.33. The Hall–Kier alpha value is -5.18. The molecule has 186 valence electrons. The summed E-state index contributed by atoms with van der Waals surface area (Å²) in [6.45, 7) is 0.877. The first-order chi connectivity index (χ1) is 18.0. The number of rotatable bonds is 6. The van der Waals surface area contributed by atoms with Crippen LogP contribution in [0.15, 0.2) is 54.9 Å². The van der Waals surface area contributed by atoms with Crippen LogP contribution in [-0.2, 0) is 0 Å². The van der Waals surface area contributed by atoms with Gasteiger partial charge in [0.1, 0.15) is 22.7 Å². The third-order valence-electron chi connectivity index (χ3n) is 5.93. The summed E-state index contributed by atoms with van der Waals surface area (Å²) in [6, 6.07) is 13.2. The number of nitriles is 1. The zero-order valence-corrected chi connectivity index (χ0v) is 19.5. The van der Waals surface area contributed by atoms with Gasteiger partial charge in [-0.15, -0.1) is 0 Å². The Balaban J connectivity index is 1.31. The Bertz CT molecular complexity index is 1490. The molecular weight excluding hydrogens is 476 g/mol. The number of nitrogens with one attached hydrogen (secondary N) is 3.